The van der Waals surface area contributed by atoms with Gasteiger partial charge in [-0.25, -0.2) is 9.97 Å². The van der Waals surface area contributed by atoms with Crippen LogP contribution in [0.5, 0.6) is 0 Å². The first-order valence-electron chi connectivity index (χ1n) is 11.8. The summed E-state index contributed by atoms with van der Waals surface area (Å²) < 4.78 is 0. The summed E-state index contributed by atoms with van der Waals surface area (Å²) in [4.78, 5) is 33.8. The van der Waals surface area contributed by atoms with Gasteiger partial charge in [-0.1, -0.05) is 67.8 Å². The number of nitrogens with two attached hydrogens (primary N) is 1. The molecule has 0 amide bonds. The van der Waals surface area contributed by atoms with Crippen LogP contribution in [0, 0.1) is 6.92 Å². The fraction of sp³-hybridized carbons (Fsp3) is 0.226. The standard InChI is InChI=1S/C31H35N3O2S/c1-10-11-12-27(19(2)3)21(5)30-33-22(6)28(29(32)34-30)31(9,18-35)24(8)37-17-20(4)25-13-15-26(16-14-25)23(7)36/h10-18H,1,5,8H2,2-4,6-7,9H3,(H2,32,33,34)/b12-11-,20-17+. The lowest BCUT2D eigenvalue weighted by Crippen LogP contribution is -2.28. The van der Waals surface area contributed by atoms with Crippen molar-refractivity contribution in [1.29, 1.82) is 0 Å². The minimum atomic E-state index is -1.12. The molecule has 0 radical (unpaired) electrons. The van der Waals surface area contributed by atoms with Crippen LogP contribution >= 0.6 is 11.8 Å². The van der Waals surface area contributed by atoms with Crippen LogP contribution < -0.4 is 5.73 Å². The van der Waals surface area contributed by atoms with Gasteiger partial charge in [-0.15, -0.1) is 11.8 Å². The third kappa shape index (κ3) is 6.71. The van der Waals surface area contributed by atoms with E-state index in [0.717, 1.165) is 28.6 Å². The molecule has 0 aliphatic heterocycles. The van der Waals surface area contributed by atoms with Gasteiger partial charge in [0.05, 0.1) is 5.41 Å². The van der Waals surface area contributed by atoms with Gasteiger partial charge < -0.3 is 10.5 Å². The van der Waals surface area contributed by atoms with Gasteiger partial charge in [0.2, 0.25) is 0 Å². The van der Waals surface area contributed by atoms with Crippen molar-refractivity contribution in [3.63, 3.8) is 0 Å². The van der Waals surface area contributed by atoms with E-state index in [1.165, 1.54) is 18.7 Å². The summed E-state index contributed by atoms with van der Waals surface area (Å²) in [5, 5.41) is 1.93. The number of hydrogen-bond donors (Lipinski definition) is 1. The minimum absolute atomic E-state index is 0.0211. The smallest absolute Gasteiger partial charge is 0.161 e. The van der Waals surface area contributed by atoms with Crippen molar-refractivity contribution in [2.75, 3.05) is 5.73 Å². The molecule has 0 aliphatic rings. The van der Waals surface area contributed by atoms with Crippen molar-refractivity contribution in [3.8, 4) is 0 Å². The van der Waals surface area contributed by atoms with E-state index < -0.39 is 5.41 Å². The van der Waals surface area contributed by atoms with E-state index in [2.05, 4.69) is 29.7 Å². The lowest BCUT2D eigenvalue weighted by atomic mass is 9.83. The summed E-state index contributed by atoms with van der Waals surface area (Å²) in [7, 11) is 0. The van der Waals surface area contributed by atoms with E-state index in [1.807, 2.05) is 57.4 Å². The van der Waals surface area contributed by atoms with Crippen LogP contribution in [0.3, 0.4) is 0 Å². The molecule has 1 heterocycles. The molecule has 0 bridgehead atoms. The average molecular weight is 514 g/mol. The highest BCUT2D eigenvalue weighted by Gasteiger charge is 2.35. The van der Waals surface area contributed by atoms with Gasteiger partial charge >= 0.3 is 0 Å². The number of rotatable bonds is 11. The lowest BCUT2D eigenvalue weighted by Gasteiger charge is -2.28. The predicted molar refractivity (Wildman–Crippen MR) is 158 cm³/mol. The minimum Gasteiger partial charge on any atom is -0.383 e. The van der Waals surface area contributed by atoms with Crippen LogP contribution in [-0.4, -0.2) is 22.0 Å². The maximum absolute atomic E-state index is 12.4. The van der Waals surface area contributed by atoms with Gasteiger partial charge in [0, 0.05) is 22.4 Å². The van der Waals surface area contributed by atoms with Crippen molar-refractivity contribution in [2.24, 2.45) is 0 Å². The van der Waals surface area contributed by atoms with Crippen LogP contribution in [0.25, 0.3) is 11.1 Å². The summed E-state index contributed by atoms with van der Waals surface area (Å²) >= 11 is 1.35. The van der Waals surface area contributed by atoms with Gasteiger partial charge in [0.25, 0.3) is 0 Å². The molecule has 192 valence electrons. The number of allylic oxidation sites excluding steroid dienone is 8. The predicted octanol–water partition coefficient (Wildman–Crippen LogP) is 7.43. The topological polar surface area (TPSA) is 85.9 Å². The maximum atomic E-state index is 12.4. The number of nitrogens with zero attached hydrogens (tertiary/aromatic N) is 2. The first kappa shape index (κ1) is 29.5. The number of carbonyl (C=O) groups is 2. The zero-order valence-corrected chi connectivity index (χ0v) is 23.3. The first-order valence-corrected chi connectivity index (χ1v) is 12.7. The summed E-state index contributed by atoms with van der Waals surface area (Å²) in [6.07, 6.45) is 6.26. The molecule has 1 aromatic heterocycles. The Balaban J connectivity index is 2.41. The van der Waals surface area contributed by atoms with Crippen molar-refractivity contribution in [2.45, 2.75) is 47.0 Å². The molecule has 6 heteroatoms. The van der Waals surface area contributed by atoms with Crippen molar-refractivity contribution in [3.05, 3.63) is 112 Å². The number of nitrogen functional groups attached to an aromatic ring is 1. The zero-order valence-electron chi connectivity index (χ0n) is 22.5. The summed E-state index contributed by atoms with van der Waals surface area (Å²) in [6.45, 7) is 23.1. The van der Waals surface area contributed by atoms with Crippen LogP contribution in [0.15, 0.2) is 83.7 Å². The lowest BCUT2D eigenvalue weighted by molar-refractivity contribution is -0.110. The third-order valence-electron chi connectivity index (χ3n) is 6.11. The molecule has 2 rings (SSSR count). The zero-order chi connectivity index (χ0) is 27.9. The van der Waals surface area contributed by atoms with Gasteiger partial charge in [-0.3, -0.25) is 4.79 Å². The largest absolute Gasteiger partial charge is 0.383 e. The Morgan fingerprint density at radius 3 is 2.14 bits per heavy atom. The van der Waals surface area contributed by atoms with Gasteiger partial charge in [0.15, 0.2) is 11.6 Å². The van der Waals surface area contributed by atoms with E-state index in [4.69, 9.17) is 5.73 Å². The molecule has 2 N–H and O–H groups in total. The monoisotopic (exact) mass is 513 g/mol. The number of Topliss-reactive ketones (excluding diaryl/α,β-unsaturated/α-hetero) is 1. The SMILES string of the molecule is C=C/C=C\C(C(=C)c1nc(C)c(C(C)(C=O)C(=C)S/C=C(\C)c2ccc(C(C)=O)cc2)c(N)n1)=C(C)C. The molecule has 1 atom stereocenters. The highest BCUT2D eigenvalue weighted by atomic mass is 32.2. The Kier molecular flexibility index (Phi) is 9.92. The highest BCUT2D eigenvalue weighted by Crippen LogP contribution is 2.41. The van der Waals surface area contributed by atoms with E-state index in [0.29, 0.717) is 33.1 Å². The molecule has 5 nitrogen and oxygen atoms in total. The second-order valence-corrected chi connectivity index (χ2v) is 10.1. The molecule has 37 heavy (non-hydrogen) atoms. The van der Waals surface area contributed by atoms with E-state index >= 15 is 0 Å². The van der Waals surface area contributed by atoms with Crippen LogP contribution in [0.2, 0.25) is 0 Å². The summed E-state index contributed by atoms with van der Waals surface area (Å²) in [6, 6.07) is 7.40. The van der Waals surface area contributed by atoms with Crippen LogP contribution in [0.4, 0.5) is 5.82 Å². The first-order chi connectivity index (χ1) is 17.4. The number of hydrogen-bond acceptors (Lipinski definition) is 6. The number of aryl methyl sites for hydroxylation is 1. The number of anilines is 1. The van der Waals surface area contributed by atoms with Crippen LogP contribution in [-0.2, 0) is 10.2 Å². The second-order valence-electron chi connectivity index (χ2n) is 9.18. The number of thioether (sulfide) groups is 1. The van der Waals surface area contributed by atoms with Gasteiger partial charge in [0.1, 0.15) is 12.1 Å². The average Bonchev–Trinajstić information content (AvgIpc) is 2.86. The Hall–Kier alpha value is -3.77. The van der Waals surface area contributed by atoms with Crippen LogP contribution in [0.1, 0.15) is 67.6 Å². The maximum Gasteiger partial charge on any atom is 0.161 e. The van der Waals surface area contributed by atoms with E-state index in [-0.39, 0.29) is 11.6 Å². The van der Waals surface area contributed by atoms with Crippen molar-refractivity contribution >= 4 is 40.8 Å². The van der Waals surface area contributed by atoms with E-state index in [1.54, 1.807) is 25.1 Å². The van der Waals surface area contributed by atoms with Gasteiger partial charge in [-0.05, 0) is 68.6 Å². The Morgan fingerprint density at radius 1 is 1.05 bits per heavy atom. The summed E-state index contributed by atoms with van der Waals surface area (Å²) in [5.41, 5.74) is 11.6. The fourth-order valence-corrected chi connectivity index (χ4v) is 4.66. The molecule has 0 spiro atoms. The van der Waals surface area contributed by atoms with Crippen molar-refractivity contribution in [1.82, 2.24) is 9.97 Å². The number of carbonyl (C=O) groups excluding carboxylic acids is 2. The quantitative estimate of drug-likeness (QED) is 0.191. The number of benzene rings is 1. The van der Waals surface area contributed by atoms with E-state index in [9.17, 15) is 9.59 Å². The molecule has 1 aromatic carbocycles. The molecule has 0 saturated heterocycles. The Bertz CT molecular complexity index is 1320. The van der Waals surface area contributed by atoms with Gasteiger partial charge in [-0.2, -0.15) is 0 Å². The second kappa shape index (κ2) is 12.5. The Labute approximate surface area is 224 Å². The molecular weight excluding hydrogens is 478 g/mol. The molecular formula is C31H35N3O2S. The summed E-state index contributed by atoms with van der Waals surface area (Å²) in [5.74, 6) is 0.633. The third-order valence-corrected chi connectivity index (χ3v) is 7.29. The highest BCUT2D eigenvalue weighted by molar-refractivity contribution is 8.06. The molecule has 0 fully saturated rings. The molecule has 0 aliphatic carbocycles. The fourth-order valence-electron chi connectivity index (χ4n) is 3.81. The molecule has 2 aromatic rings. The Morgan fingerprint density at radius 2 is 1.65 bits per heavy atom. The molecule has 1 unspecified atom stereocenters. The number of aldehydes is 1. The van der Waals surface area contributed by atoms with Crippen molar-refractivity contribution < 1.29 is 9.59 Å². The normalized spacial score (nSPS) is 13.1. The number of aromatic nitrogens is 2. The molecule has 0 saturated carbocycles. The number of ketones is 1.